The topological polar surface area (TPSA) is 69.6 Å². The van der Waals surface area contributed by atoms with E-state index in [1.165, 1.54) is 43.2 Å². The number of anilines is 1. The number of hydrogen-bond acceptors (Lipinski definition) is 4. The molecule has 26 heavy (non-hydrogen) atoms. The molecule has 0 aliphatic rings. The first-order valence-electron chi connectivity index (χ1n) is 7.77. The molecule has 1 N–H and O–H groups in total. The molecule has 0 atom stereocenters. The first-order chi connectivity index (χ1) is 12.5. The van der Waals surface area contributed by atoms with Crippen LogP contribution in [0.1, 0.15) is 10.4 Å². The van der Waals surface area contributed by atoms with E-state index in [4.69, 9.17) is 9.47 Å². The number of amides is 1. The molecule has 0 aliphatic carbocycles. The lowest BCUT2D eigenvalue weighted by Crippen LogP contribution is -2.24. The van der Waals surface area contributed by atoms with Gasteiger partial charge in [0.15, 0.2) is 0 Å². The summed E-state index contributed by atoms with van der Waals surface area (Å²) in [6.45, 7) is 0. The van der Waals surface area contributed by atoms with E-state index >= 15 is 0 Å². The number of methoxy groups -OCH3 is 2. The SMILES string of the molecule is COc1ccc(NC(=O)c2cn(C)c3c(F)cccc3c2=O)c(OC)c1. The molecule has 3 rings (SSSR count). The monoisotopic (exact) mass is 356 g/mol. The molecular weight excluding hydrogens is 339 g/mol. The normalized spacial score (nSPS) is 10.6. The van der Waals surface area contributed by atoms with Crippen LogP contribution in [-0.4, -0.2) is 24.7 Å². The Morgan fingerprint density at radius 1 is 1.15 bits per heavy atom. The van der Waals surface area contributed by atoms with Crippen molar-refractivity contribution < 1.29 is 18.7 Å². The molecule has 0 aliphatic heterocycles. The molecule has 1 amide bonds. The second kappa shape index (κ2) is 6.87. The van der Waals surface area contributed by atoms with Crippen LogP contribution in [0.5, 0.6) is 11.5 Å². The fourth-order valence-corrected chi connectivity index (χ4v) is 2.77. The van der Waals surface area contributed by atoms with Gasteiger partial charge in [0.1, 0.15) is 22.9 Å². The van der Waals surface area contributed by atoms with Gasteiger partial charge in [-0.3, -0.25) is 9.59 Å². The van der Waals surface area contributed by atoms with Gasteiger partial charge in [-0.15, -0.1) is 0 Å². The smallest absolute Gasteiger partial charge is 0.261 e. The molecule has 3 aromatic rings. The van der Waals surface area contributed by atoms with Crippen LogP contribution >= 0.6 is 0 Å². The zero-order chi connectivity index (χ0) is 18.8. The highest BCUT2D eigenvalue weighted by molar-refractivity contribution is 6.06. The van der Waals surface area contributed by atoms with Crippen LogP contribution in [0.15, 0.2) is 47.4 Å². The molecule has 0 spiro atoms. The van der Waals surface area contributed by atoms with Crippen molar-refractivity contribution in [1.29, 1.82) is 0 Å². The van der Waals surface area contributed by atoms with Crippen molar-refractivity contribution in [3.05, 3.63) is 64.2 Å². The van der Waals surface area contributed by atoms with E-state index in [1.807, 2.05) is 0 Å². The lowest BCUT2D eigenvalue weighted by atomic mass is 10.1. The summed E-state index contributed by atoms with van der Waals surface area (Å²) in [5, 5.41) is 2.79. The molecule has 1 aromatic heterocycles. The van der Waals surface area contributed by atoms with E-state index in [0.717, 1.165) is 0 Å². The molecule has 0 radical (unpaired) electrons. The van der Waals surface area contributed by atoms with Gasteiger partial charge in [0.2, 0.25) is 5.43 Å². The van der Waals surface area contributed by atoms with Crippen LogP contribution in [0.3, 0.4) is 0 Å². The van der Waals surface area contributed by atoms with Gasteiger partial charge in [-0.05, 0) is 24.3 Å². The van der Waals surface area contributed by atoms with Gasteiger partial charge in [-0.1, -0.05) is 6.07 Å². The van der Waals surface area contributed by atoms with Crippen molar-refractivity contribution in [2.75, 3.05) is 19.5 Å². The highest BCUT2D eigenvalue weighted by Crippen LogP contribution is 2.29. The van der Waals surface area contributed by atoms with Crippen molar-refractivity contribution in [1.82, 2.24) is 4.57 Å². The second-order valence-electron chi connectivity index (χ2n) is 5.64. The predicted octanol–water partition coefficient (Wildman–Crippen LogP) is 2.95. The van der Waals surface area contributed by atoms with Gasteiger partial charge >= 0.3 is 0 Å². The summed E-state index contributed by atoms with van der Waals surface area (Å²) in [5.41, 5.74) is -0.0955. The summed E-state index contributed by atoms with van der Waals surface area (Å²) in [6.07, 6.45) is 1.32. The number of pyridine rings is 1. The fraction of sp³-hybridized carbons (Fsp3) is 0.158. The number of nitrogens with zero attached hydrogens (tertiary/aromatic N) is 1. The van der Waals surface area contributed by atoms with Crippen LogP contribution in [0.25, 0.3) is 10.9 Å². The molecule has 1 heterocycles. The molecule has 0 bridgehead atoms. The Morgan fingerprint density at radius 3 is 2.62 bits per heavy atom. The summed E-state index contributed by atoms with van der Waals surface area (Å²) in [4.78, 5) is 25.3. The third-order valence-corrected chi connectivity index (χ3v) is 4.05. The molecule has 0 saturated carbocycles. The lowest BCUT2D eigenvalue weighted by molar-refractivity contribution is 0.102. The Morgan fingerprint density at radius 2 is 1.92 bits per heavy atom. The third-order valence-electron chi connectivity index (χ3n) is 4.05. The van der Waals surface area contributed by atoms with Crippen molar-refractivity contribution in [2.45, 2.75) is 0 Å². The van der Waals surface area contributed by atoms with Gasteiger partial charge in [0, 0.05) is 24.7 Å². The highest BCUT2D eigenvalue weighted by Gasteiger charge is 2.18. The predicted molar refractivity (Wildman–Crippen MR) is 96.6 cm³/mol. The minimum absolute atomic E-state index is 0.0940. The van der Waals surface area contributed by atoms with Gasteiger partial charge in [-0.2, -0.15) is 0 Å². The number of fused-ring (bicyclic) bond motifs is 1. The molecule has 0 unspecified atom stereocenters. The van der Waals surface area contributed by atoms with Crippen LogP contribution in [0.2, 0.25) is 0 Å². The summed E-state index contributed by atoms with van der Waals surface area (Å²) >= 11 is 0. The maximum Gasteiger partial charge on any atom is 0.261 e. The molecule has 7 heteroatoms. The van der Waals surface area contributed by atoms with E-state index in [-0.39, 0.29) is 16.5 Å². The van der Waals surface area contributed by atoms with Crippen LogP contribution in [0, 0.1) is 5.82 Å². The van der Waals surface area contributed by atoms with Crippen LogP contribution < -0.4 is 20.2 Å². The molecule has 2 aromatic carbocycles. The molecule has 0 saturated heterocycles. The van der Waals surface area contributed by atoms with Crippen molar-refractivity contribution in [3.63, 3.8) is 0 Å². The minimum atomic E-state index is -0.611. The quantitative estimate of drug-likeness (QED) is 0.780. The van der Waals surface area contributed by atoms with E-state index < -0.39 is 17.2 Å². The van der Waals surface area contributed by atoms with Gasteiger partial charge < -0.3 is 19.4 Å². The third kappa shape index (κ3) is 2.99. The Labute approximate surface area is 148 Å². The minimum Gasteiger partial charge on any atom is -0.497 e. The number of para-hydroxylation sites is 1. The zero-order valence-corrected chi connectivity index (χ0v) is 14.5. The Kier molecular flexibility index (Phi) is 4.62. The number of carbonyl (C=O) groups excluding carboxylic acids is 1. The number of benzene rings is 2. The van der Waals surface area contributed by atoms with Gasteiger partial charge in [-0.25, -0.2) is 4.39 Å². The summed E-state index contributed by atoms with van der Waals surface area (Å²) < 4.78 is 25.8. The van der Waals surface area contributed by atoms with E-state index in [1.54, 1.807) is 25.2 Å². The Balaban J connectivity index is 2.04. The van der Waals surface area contributed by atoms with E-state index in [0.29, 0.717) is 17.2 Å². The van der Waals surface area contributed by atoms with Gasteiger partial charge in [0.25, 0.3) is 5.91 Å². The van der Waals surface area contributed by atoms with E-state index in [2.05, 4.69) is 5.32 Å². The number of rotatable bonds is 4. The first kappa shape index (κ1) is 17.5. The Bertz CT molecular complexity index is 1060. The number of hydrogen-bond donors (Lipinski definition) is 1. The molecule has 134 valence electrons. The summed E-state index contributed by atoms with van der Waals surface area (Å²) in [7, 11) is 4.56. The largest absolute Gasteiger partial charge is 0.497 e. The number of carbonyl (C=O) groups is 1. The molecular formula is C19H17FN2O4. The number of ether oxygens (including phenoxy) is 2. The number of halogens is 1. The van der Waals surface area contributed by atoms with E-state index in [9.17, 15) is 14.0 Å². The first-order valence-corrected chi connectivity index (χ1v) is 7.77. The highest BCUT2D eigenvalue weighted by atomic mass is 19.1. The maximum absolute atomic E-state index is 14.0. The van der Waals surface area contributed by atoms with Crippen molar-refractivity contribution >= 4 is 22.5 Å². The Hall–Kier alpha value is -3.35. The summed E-state index contributed by atoms with van der Waals surface area (Å²) in [5.74, 6) is -0.176. The maximum atomic E-state index is 14.0. The average Bonchev–Trinajstić information content (AvgIpc) is 2.64. The van der Waals surface area contributed by atoms with Crippen LogP contribution in [0.4, 0.5) is 10.1 Å². The fourth-order valence-electron chi connectivity index (χ4n) is 2.77. The standard InChI is InChI=1S/C19H17FN2O4/c1-22-10-13(18(23)12-5-4-6-14(20)17(12)22)19(24)21-15-8-7-11(25-2)9-16(15)26-3/h4-10H,1-3H3,(H,21,24). The summed E-state index contributed by atoms with van der Waals surface area (Å²) in [6, 6.07) is 9.08. The average molecular weight is 356 g/mol. The molecule has 6 nitrogen and oxygen atoms in total. The number of nitrogens with one attached hydrogen (secondary N) is 1. The van der Waals surface area contributed by atoms with Crippen LogP contribution in [-0.2, 0) is 7.05 Å². The van der Waals surface area contributed by atoms with Crippen molar-refractivity contribution in [3.8, 4) is 11.5 Å². The molecule has 0 fully saturated rings. The van der Waals surface area contributed by atoms with Gasteiger partial charge in [0.05, 0.1) is 25.4 Å². The number of aromatic nitrogens is 1. The van der Waals surface area contributed by atoms with Crippen molar-refractivity contribution in [2.24, 2.45) is 7.05 Å². The zero-order valence-electron chi connectivity index (χ0n) is 14.5. The lowest BCUT2D eigenvalue weighted by Gasteiger charge is -2.13. The number of aryl methyl sites for hydroxylation is 1. The second-order valence-corrected chi connectivity index (χ2v) is 5.64.